The first-order valence-corrected chi connectivity index (χ1v) is 9.74. The van der Waals surface area contributed by atoms with Gasteiger partial charge in [0, 0.05) is 12.0 Å². The zero-order chi connectivity index (χ0) is 19.3. The van der Waals surface area contributed by atoms with Crippen molar-refractivity contribution in [2.24, 2.45) is 0 Å². The van der Waals surface area contributed by atoms with Gasteiger partial charge in [-0.25, -0.2) is 0 Å². The fraction of sp³-hybridized carbons (Fsp3) is 0.435. The molecule has 0 saturated heterocycles. The SMILES string of the molecule is CCCC(C(=O)NCC(C)(C)c1ccc2c(c1)OCCO2)c1ccccc1. The molecule has 1 amide bonds. The van der Waals surface area contributed by atoms with E-state index >= 15 is 0 Å². The van der Waals surface area contributed by atoms with Crippen molar-refractivity contribution in [3.05, 3.63) is 59.7 Å². The molecule has 0 radical (unpaired) electrons. The highest BCUT2D eigenvalue weighted by atomic mass is 16.6. The van der Waals surface area contributed by atoms with Gasteiger partial charge in [-0.3, -0.25) is 4.79 Å². The molecule has 0 saturated carbocycles. The van der Waals surface area contributed by atoms with Crippen LogP contribution in [-0.4, -0.2) is 25.7 Å². The number of hydrogen-bond acceptors (Lipinski definition) is 3. The predicted octanol–water partition coefficient (Wildman–Crippen LogP) is 4.44. The summed E-state index contributed by atoms with van der Waals surface area (Å²) in [5, 5.41) is 3.17. The first kappa shape index (κ1) is 19.3. The van der Waals surface area contributed by atoms with Crippen molar-refractivity contribution in [3.8, 4) is 11.5 Å². The average molecular weight is 367 g/mol. The van der Waals surface area contributed by atoms with Crippen LogP contribution >= 0.6 is 0 Å². The fourth-order valence-electron chi connectivity index (χ4n) is 3.42. The number of amides is 1. The minimum absolute atomic E-state index is 0.0914. The van der Waals surface area contributed by atoms with Crippen LogP contribution in [0.2, 0.25) is 0 Å². The van der Waals surface area contributed by atoms with Gasteiger partial charge in [0.05, 0.1) is 5.92 Å². The van der Waals surface area contributed by atoms with Crippen LogP contribution in [0.1, 0.15) is 50.7 Å². The summed E-state index contributed by atoms with van der Waals surface area (Å²) in [4.78, 5) is 12.9. The van der Waals surface area contributed by atoms with Crippen molar-refractivity contribution >= 4 is 5.91 Å². The number of carbonyl (C=O) groups excluding carboxylic acids is 1. The third kappa shape index (κ3) is 4.62. The van der Waals surface area contributed by atoms with Crippen molar-refractivity contribution in [2.75, 3.05) is 19.8 Å². The quantitative estimate of drug-likeness (QED) is 0.787. The Bertz CT molecular complexity index is 770. The van der Waals surface area contributed by atoms with E-state index in [1.807, 2.05) is 42.5 Å². The molecule has 0 bridgehead atoms. The van der Waals surface area contributed by atoms with Crippen molar-refractivity contribution in [3.63, 3.8) is 0 Å². The Hall–Kier alpha value is -2.49. The second-order valence-electron chi connectivity index (χ2n) is 7.71. The van der Waals surface area contributed by atoms with E-state index in [1.165, 1.54) is 0 Å². The first-order chi connectivity index (χ1) is 13.0. The summed E-state index contributed by atoms with van der Waals surface area (Å²) in [6.07, 6.45) is 1.82. The maximum Gasteiger partial charge on any atom is 0.227 e. The predicted molar refractivity (Wildman–Crippen MR) is 108 cm³/mol. The molecule has 4 nitrogen and oxygen atoms in total. The van der Waals surface area contributed by atoms with E-state index in [1.54, 1.807) is 0 Å². The van der Waals surface area contributed by atoms with Crippen LogP contribution in [-0.2, 0) is 10.2 Å². The van der Waals surface area contributed by atoms with E-state index in [-0.39, 0.29) is 17.2 Å². The molecule has 0 aliphatic carbocycles. The van der Waals surface area contributed by atoms with Crippen LogP contribution < -0.4 is 14.8 Å². The molecule has 1 unspecified atom stereocenters. The summed E-state index contributed by atoms with van der Waals surface area (Å²) in [6.45, 7) is 8.11. The smallest absolute Gasteiger partial charge is 0.227 e. The zero-order valence-corrected chi connectivity index (χ0v) is 16.5. The minimum atomic E-state index is -0.209. The van der Waals surface area contributed by atoms with Gasteiger partial charge in [0.2, 0.25) is 5.91 Å². The van der Waals surface area contributed by atoms with E-state index in [0.29, 0.717) is 19.8 Å². The van der Waals surface area contributed by atoms with Crippen LogP contribution in [0.3, 0.4) is 0 Å². The number of fused-ring (bicyclic) bond motifs is 1. The molecule has 1 aliphatic rings. The van der Waals surface area contributed by atoms with Crippen molar-refractivity contribution in [1.82, 2.24) is 5.32 Å². The van der Waals surface area contributed by atoms with Crippen LogP contribution in [0.15, 0.2) is 48.5 Å². The zero-order valence-electron chi connectivity index (χ0n) is 16.5. The summed E-state index contributed by atoms with van der Waals surface area (Å²) >= 11 is 0. The average Bonchev–Trinajstić information content (AvgIpc) is 2.70. The maximum atomic E-state index is 12.9. The Morgan fingerprint density at radius 2 is 1.78 bits per heavy atom. The summed E-state index contributed by atoms with van der Waals surface area (Å²) < 4.78 is 11.3. The van der Waals surface area contributed by atoms with Crippen molar-refractivity contribution < 1.29 is 14.3 Å². The van der Waals surface area contributed by atoms with Crippen molar-refractivity contribution in [2.45, 2.75) is 44.9 Å². The molecular weight excluding hydrogens is 338 g/mol. The fourth-order valence-corrected chi connectivity index (χ4v) is 3.42. The number of carbonyl (C=O) groups is 1. The normalized spacial score (nSPS) is 14.5. The summed E-state index contributed by atoms with van der Waals surface area (Å²) in [6, 6.07) is 16.1. The Balaban J connectivity index is 1.69. The highest BCUT2D eigenvalue weighted by molar-refractivity contribution is 5.83. The topological polar surface area (TPSA) is 47.6 Å². The molecule has 3 rings (SSSR count). The number of ether oxygens (including phenoxy) is 2. The summed E-state index contributed by atoms with van der Waals surface area (Å²) in [7, 11) is 0. The van der Waals surface area contributed by atoms with E-state index in [9.17, 15) is 4.79 Å². The Morgan fingerprint density at radius 1 is 1.07 bits per heavy atom. The lowest BCUT2D eigenvalue weighted by Gasteiger charge is -2.28. The van der Waals surface area contributed by atoms with E-state index in [0.717, 1.165) is 35.5 Å². The molecular formula is C23H29NO3. The van der Waals surface area contributed by atoms with Crippen LogP contribution in [0.4, 0.5) is 0 Å². The van der Waals surface area contributed by atoms with Gasteiger partial charge in [-0.1, -0.05) is 63.6 Å². The van der Waals surface area contributed by atoms with E-state index < -0.39 is 0 Å². The number of hydrogen-bond donors (Lipinski definition) is 1. The van der Waals surface area contributed by atoms with Gasteiger partial charge in [0.15, 0.2) is 11.5 Å². The van der Waals surface area contributed by atoms with Gasteiger partial charge in [0.1, 0.15) is 13.2 Å². The Labute approximate surface area is 161 Å². The molecule has 1 N–H and O–H groups in total. The number of nitrogens with one attached hydrogen (secondary N) is 1. The lowest BCUT2D eigenvalue weighted by molar-refractivity contribution is -0.123. The Kier molecular flexibility index (Phi) is 6.04. The van der Waals surface area contributed by atoms with Gasteiger partial charge in [-0.2, -0.15) is 0 Å². The first-order valence-electron chi connectivity index (χ1n) is 9.74. The number of benzene rings is 2. The third-order valence-corrected chi connectivity index (χ3v) is 5.12. The van der Waals surface area contributed by atoms with Crippen LogP contribution in [0, 0.1) is 0 Å². The molecule has 0 spiro atoms. The molecule has 0 fully saturated rings. The molecule has 0 aromatic heterocycles. The van der Waals surface area contributed by atoms with E-state index in [4.69, 9.17) is 9.47 Å². The highest BCUT2D eigenvalue weighted by Gasteiger charge is 2.26. The highest BCUT2D eigenvalue weighted by Crippen LogP contribution is 2.35. The lowest BCUT2D eigenvalue weighted by Crippen LogP contribution is -2.39. The third-order valence-electron chi connectivity index (χ3n) is 5.12. The number of rotatable bonds is 7. The largest absolute Gasteiger partial charge is 0.486 e. The minimum Gasteiger partial charge on any atom is -0.486 e. The maximum absolute atomic E-state index is 12.9. The Morgan fingerprint density at radius 3 is 2.48 bits per heavy atom. The molecule has 1 aliphatic heterocycles. The van der Waals surface area contributed by atoms with Crippen LogP contribution in [0.25, 0.3) is 0 Å². The second kappa shape index (κ2) is 8.47. The molecule has 1 heterocycles. The van der Waals surface area contributed by atoms with Gasteiger partial charge in [0.25, 0.3) is 0 Å². The van der Waals surface area contributed by atoms with Gasteiger partial charge in [-0.15, -0.1) is 0 Å². The molecule has 2 aromatic carbocycles. The lowest BCUT2D eigenvalue weighted by atomic mass is 9.84. The molecule has 144 valence electrons. The van der Waals surface area contributed by atoms with E-state index in [2.05, 4.69) is 32.2 Å². The summed E-state index contributed by atoms with van der Waals surface area (Å²) in [5.74, 6) is 1.56. The van der Waals surface area contributed by atoms with Gasteiger partial charge in [-0.05, 0) is 29.7 Å². The standard InChI is InChI=1S/C23H29NO3/c1-4-8-19(17-9-6-5-7-10-17)22(25)24-16-23(2,3)18-11-12-20-21(15-18)27-14-13-26-20/h5-7,9-12,15,19H,4,8,13-14,16H2,1-3H3,(H,24,25). The second-order valence-corrected chi connectivity index (χ2v) is 7.71. The molecule has 27 heavy (non-hydrogen) atoms. The monoisotopic (exact) mass is 367 g/mol. The molecule has 4 heteroatoms. The van der Waals surface area contributed by atoms with Crippen molar-refractivity contribution in [1.29, 1.82) is 0 Å². The van der Waals surface area contributed by atoms with Crippen LogP contribution in [0.5, 0.6) is 11.5 Å². The molecule has 2 aromatic rings. The van der Waals surface area contributed by atoms with Gasteiger partial charge < -0.3 is 14.8 Å². The summed E-state index contributed by atoms with van der Waals surface area (Å²) in [5.41, 5.74) is 1.99. The van der Waals surface area contributed by atoms with Gasteiger partial charge >= 0.3 is 0 Å². The molecule has 1 atom stereocenters.